The van der Waals surface area contributed by atoms with E-state index in [9.17, 15) is 0 Å². The monoisotopic (exact) mass is 175 g/mol. The second kappa shape index (κ2) is 2.51. The first kappa shape index (κ1) is 7.44. The molecule has 1 aliphatic heterocycles. The molecule has 2 atom stereocenters. The molecule has 1 aromatic rings. The number of fused-ring (bicyclic) bond motifs is 3. The van der Waals surface area contributed by atoms with E-state index in [0.717, 1.165) is 31.3 Å². The van der Waals surface area contributed by atoms with Gasteiger partial charge in [0.15, 0.2) is 0 Å². The molecule has 1 fully saturated rings. The fourth-order valence-corrected chi connectivity index (χ4v) is 2.56. The molecule has 3 nitrogen and oxygen atoms in total. The highest BCUT2D eigenvalue weighted by atomic mass is 14.9. The molecule has 1 N–H and O–H groups in total. The maximum absolute atomic E-state index is 4.50. The zero-order valence-electron chi connectivity index (χ0n) is 7.75. The molecule has 0 radical (unpaired) electrons. The first-order valence-corrected chi connectivity index (χ1v) is 4.88. The summed E-state index contributed by atoms with van der Waals surface area (Å²) in [6, 6.07) is 0. The molecule has 2 heterocycles. The van der Waals surface area contributed by atoms with Crippen molar-refractivity contribution in [2.75, 3.05) is 13.1 Å². The molecular weight excluding hydrogens is 162 g/mol. The first-order valence-electron chi connectivity index (χ1n) is 4.88. The molecule has 3 heteroatoms. The molecule has 0 bridgehead atoms. The highest BCUT2D eigenvalue weighted by Gasteiger charge is 2.36. The molecule has 0 amide bonds. The minimum atomic E-state index is 0.690. The molecule has 0 saturated carbocycles. The number of aryl methyl sites for hydroxylation is 1. The lowest BCUT2D eigenvalue weighted by Crippen LogP contribution is -2.11. The van der Waals surface area contributed by atoms with E-state index in [0.29, 0.717) is 5.92 Å². The maximum Gasteiger partial charge on any atom is 0.125 e. The van der Waals surface area contributed by atoms with Crippen LogP contribution in [0, 0.1) is 12.8 Å². The van der Waals surface area contributed by atoms with Gasteiger partial charge in [-0.1, -0.05) is 0 Å². The van der Waals surface area contributed by atoms with Crippen LogP contribution in [0.5, 0.6) is 0 Å². The lowest BCUT2D eigenvalue weighted by Gasteiger charge is -2.06. The van der Waals surface area contributed by atoms with Crippen LogP contribution in [0.15, 0.2) is 6.20 Å². The van der Waals surface area contributed by atoms with Crippen molar-refractivity contribution >= 4 is 0 Å². The fourth-order valence-electron chi connectivity index (χ4n) is 2.56. The van der Waals surface area contributed by atoms with Gasteiger partial charge in [0.05, 0.1) is 0 Å². The standard InChI is InChI=1S/C10H13N3/c1-6-12-5-9-8-4-11-3-7(8)2-10(9)13-6/h5,7-8,11H,2-4H2,1H3. The van der Waals surface area contributed by atoms with E-state index in [-0.39, 0.29) is 0 Å². The third kappa shape index (κ3) is 1.000. The number of rotatable bonds is 0. The Morgan fingerprint density at radius 3 is 3.31 bits per heavy atom. The van der Waals surface area contributed by atoms with Crippen molar-refractivity contribution in [3.8, 4) is 0 Å². The molecule has 1 aliphatic carbocycles. The van der Waals surface area contributed by atoms with Crippen molar-refractivity contribution in [2.45, 2.75) is 19.3 Å². The van der Waals surface area contributed by atoms with Crippen LogP contribution in [0.1, 0.15) is 23.0 Å². The number of nitrogens with one attached hydrogen (secondary N) is 1. The Morgan fingerprint density at radius 2 is 2.38 bits per heavy atom. The molecule has 2 aliphatic rings. The Balaban J connectivity index is 2.08. The predicted octanol–water partition coefficient (Wildman–Crippen LogP) is 0.644. The van der Waals surface area contributed by atoms with Crippen LogP contribution in [0.4, 0.5) is 0 Å². The van der Waals surface area contributed by atoms with E-state index in [1.165, 1.54) is 11.3 Å². The van der Waals surface area contributed by atoms with Gasteiger partial charge in [0.2, 0.25) is 0 Å². The maximum atomic E-state index is 4.50. The lowest BCUT2D eigenvalue weighted by atomic mass is 9.98. The van der Waals surface area contributed by atoms with Gasteiger partial charge in [0, 0.05) is 24.4 Å². The van der Waals surface area contributed by atoms with E-state index < -0.39 is 0 Å². The van der Waals surface area contributed by atoms with Crippen LogP contribution in [0.3, 0.4) is 0 Å². The van der Waals surface area contributed by atoms with Gasteiger partial charge in [-0.2, -0.15) is 0 Å². The second-order valence-electron chi connectivity index (χ2n) is 4.05. The number of hydrogen-bond donors (Lipinski definition) is 1. The topological polar surface area (TPSA) is 37.8 Å². The van der Waals surface area contributed by atoms with Crippen LogP contribution in [0.25, 0.3) is 0 Å². The van der Waals surface area contributed by atoms with Crippen LogP contribution in [-0.4, -0.2) is 23.1 Å². The van der Waals surface area contributed by atoms with Gasteiger partial charge >= 0.3 is 0 Å². The molecule has 0 aromatic carbocycles. The molecule has 1 saturated heterocycles. The molecule has 68 valence electrons. The minimum absolute atomic E-state index is 0.690. The number of nitrogens with zero attached hydrogens (tertiary/aromatic N) is 2. The largest absolute Gasteiger partial charge is 0.316 e. The lowest BCUT2D eigenvalue weighted by molar-refractivity contribution is 0.562. The number of aromatic nitrogens is 2. The Morgan fingerprint density at radius 1 is 1.46 bits per heavy atom. The van der Waals surface area contributed by atoms with Gasteiger partial charge in [-0.15, -0.1) is 0 Å². The van der Waals surface area contributed by atoms with Crippen molar-refractivity contribution in [1.82, 2.24) is 15.3 Å². The van der Waals surface area contributed by atoms with E-state index in [1.807, 2.05) is 13.1 Å². The molecule has 2 unspecified atom stereocenters. The Labute approximate surface area is 77.6 Å². The minimum Gasteiger partial charge on any atom is -0.316 e. The van der Waals surface area contributed by atoms with E-state index >= 15 is 0 Å². The summed E-state index contributed by atoms with van der Waals surface area (Å²) in [5.74, 6) is 2.38. The van der Waals surface area contributed by atoms with Crippen LogP contribution >= 0.6 is 0 Å². The average molecular weight is 175 g/mol. The summed E-state index contributed by atoms with van der Waals surface area (Å²) in [7, 11) is 0. The molecule has 1 aromatic heterocycles. The summed E-state index contributed by atoms with van der Waals surface area (Å²) in [6.07, 6.45) is 3.17. The fraction of sp³-hybridized carbons (Fsp3) is 0.600. The third-order valence-electron chi connectivity index (χ3n) is 3.22. The van der Waals surface area contributed by atoms with Gasteiger partial charge < -0.3 is 5.32 Å². The van der Waals surface area contributed by atoms with Gasteiger partial charge in [-0.05, 0) is 31.4 Å². The smallest absolute Gasteiger partial charge is 0.125 e. The van der Waals surface area contributed by atoms with Crippen LogP contribution in [-0.2, 0) is 6.42 Å². The van der Waals surface area contributed by atoms with Gasteiger partial charge in [0.25, 0.3) is 0 Å². The molecule has 13 heavy (non-hydrogen) atoms. The quantitative estimate of drug-likeness (QED) is 0.629. The van der Waals surface area contributed by atoms with Gasteiger partial charge in [-0.25, -0.2) is 9.97 Å². The SMILES string of the molecule is Cc1ncc2c(n1)CC1CNCC21. The molecular formula is C10H13N3. The first-order chi connectivity index (χ1) is 6.34. The Bertz CT molecular complexity index is 348. The second-order valence-corrected chi connectivity index (χ2v) is 4.05. The summed E-state index contributed by atoms with van der Waals surface area (Å²) < 4.78 is 0. The van der Waals surface area contributed by atoms with Crippen molar-refractivity contribution in [3.05, 3.63) is 23.3 Å². The zero-order chi connectivity index (χ0) is 8.84. The zero-order valence-corrected chi connectivity index (χ0v) is 7.75. The van der Waals surface area contributed by atoms with Crippen LogP contribution < -0.4 is 5.32 Å². The number of hydrogen-bond acceptors (Lipinski definition) is 3. The van der Waals surface area contributed by atoms with Crippen molar-refractivity contribution in [2.24, 2.45) is 5.92 Å². The Kier molecular flexibility index (Phi) is 1.44. The Hall–Kier alpha value is -0.960. The molecule has 3 rings (SSSR count). The van der Waals surface area contributed by atoms with Gasteiger partial charge in [0.1, 0.15) is 5.82 Å². The summed E-state index contributed by atoms with van der Waals surface area (Å²) >= 11 is 0. The average Bonchev–Trinajstić information content (AvgIpc) is 2.62. The van der Waals surface area contributed by atoms with E-state index in [1.54, 1.807) is 0 Å². The summed E-state index contributed by atoms with van der Waals surface area (Å²) in [5, 5.41) is 3.42. The highest BCUT2D eigenvalue weighted by Crippen LogP contribution is 2.38. The van der Waals surface area contributed by atoms with E-state index in [4.69, 9.17) is 0 Å². The van der Waals surface area contributed by atoms with Crippen molar-refractivity contribution in [3.63, 3.8) is 0 Å². The van der Waals surface area contributed by atoms with Crippen molar-refractivity contribution < 1.29 is 0 Å². The summed E-state index contributed by atoms with van der Waals surface area (Å²) in [6.45, 7) is 4.23. The third-order valence-corrected chi connectivity index (χ3v) is 3.22. The van der Waals surface area contributed by atoms with Gasteiger partial charge in [-0.3, -0.25) is 0 Å². The van der Waals surface area contributed by atoms with E-state index in [2.05, 4.69) is 15.3 Å². The summed E-state index contributed by atoms with van der Waals surface area (Å²) in [5.41, 5.74) is 2.68. The normalized spacial score (nSPS) is 30.2. The van der Waals surface area contributed by atoms with Crippen molar-refractivity contribution in [1.29, 1.82) is 0 Å². The highest BCUT2D eigenvalue weighted by molar-refractivity contribution is 5.31. The predicted molar refractivity (Wildman–Crippen MR) is 49.6 cm³/mol. The van der Waals surface area contributed by atoms with Crippen LogP contribution in [0.2, 0.25) is 0 Å². The summed E-state index contributed by atoms with van der Waals surface area (Å²) in [4.78, 5) is 8.77. The molecule has 0 spiro atoms.